The highest BCUT2D eigenvalue weighted by Gasteiger charge is 2.36. The molecule has 2 heterocycles. The number of aromatic nitrogens is 3. The van der Waals surface area contributed by atoms with Crippen LogP contribution in [-0.2, 0) is 9.84 Å². The molecule has 1 aliphatic rings. The standard InChI is InChI=1S/C18H18ClFN4O2S/c1-24(18-14-4-5-21-17(14)22-10-23-18)12-6-11(7-12)9-27(25,26)13-2-3-16(20)15(19)8-13/h2-5,8,10-12H,6-7,9H2,1H3,(H,21,22,23)/t11-,12+. The summed E-state index contributed by atoms with van der Waals surface area (Å²) in [6.45, 7) is 0. The van der Waals surface area contributed by atoms with E-state index < -0.39 is 15.7 Å². The van der Waals surface area contributed by atoms with Gasteiger partial charge in [0.15, 0.2) is 9.84 Å². The molecule has 0 saturated heterocycles. The van der Waals surface area contributed by atoms with Crippen LogP contribution in [0.1, 0.15) is 12.8 Å². The quantitative estimate of drug-likeness (QED) is 0.654. The van der Waals surface area contributed by atoms with Crippen molar-refractivity contribution < 1.29 is 12.8 Å². The van der Waals surface area contributed by atoms with Crippen molar-refractivity contribution in [1.82, 2.24) is 15.0 Å². The van der Waals surface area contributed by atoms with E-state index in [2.05, 4.69) is 19.9 Å². The van der Waals surface area contributed by atoms with Crippen molar-refractivity contribution >= 4 is 38.3 Å². The van der Waals surface area contributed by atoms with Gasteiger partial charge in [0.1, 0.15) is 23.6 Å². The third-order valence-electron chi connectivity index (χ3n) is 5.13. The Hall–Kier alpha value is -2.19. The molecule has 1 aromatic carbocycles. The number of hydrogen-bond acceptors (Lipinski definition) is 5. The van der Waals surface area contributed by atoms with E-state index in [0.29, 0.717) is 0 Å². The highest BCUT2D eigenvalue weighted by atomic mass is 35.5. The van der Waals surface area contributed by atoms with Gasteiger partial charge in [-0.05, 0) is 43.0 Å². The Morgan fingerprint density at radius 1 is 1.30 bits per heavy atom. The topological polar surface area (TPSA) is 79.0 Å². The van der Waals surface area contributed by atoms with Crippen molar-refractivity contribution in [3.8, 4) is 0 Å². The Bertz CT molecular complexity index is 1100. The Labute approximate surface area is 161 Å². The van der Waals surface area contributed by atoms with Gasteiger partial charge in [0.2, 0.25) is 0 Å². The molecule has 0 unspecified atom stereocenters. The van der Waals surface area contributed by atoms with Crippen molar-refractivity contribution in [3.05, 3.63) is 47.6 Å². The van der Waals surface area contributed by atoms with E-state index in [-0.39, 0.29) is 27.6 Å². The predicted molar refractivity (Wildman–Crippen MR) is 102 cm³/mol. The summed E-state index contributed by atoms with van der Waals surface area (Å²) in [7, 11) is -1.54. The van der Waals surface area contributed by atoms with E-state index in [0.717, 1.165) is 35.8 Å². The number of sulfone groups is 1. The highest BCUT2D eigenvalue weighted by Crippen LogP contribution is 2.36. The van der Waals surface area contributed by atoms with Crippen LogP contribution in [0.25, 0.3) is 11.0 Å². The SMILES string of the molecule is CN(c1ncnc2[nH]ccc12)[C@H]1C[C@@H](CS(=O)(=O)c2ccc(F)c(Cl)c2)C1. The van der Waals surface area contributed by atoms with E-state index in [4.69, 9.17) is 11.6 Å². The first-order chi connectivity index (χ1) is 12.8. The first-order valence-electron chi connectivity index (χ1n) is 8.54. The number of fused-ring (bicyclic) bond motifs is 1. The van der Waals surface area contributed by atoms with Gasteiger partial charge in [-0.3, -0.25) is 0 Å². The van der Waals surface area contributed by atoms with Crippen LogP contribution >= 0.6 is 11.6 Å². The summed E-state index contributed by atoms with van der Waals surface area (Å²) in [6.07, 6.45) is 4.84. The maximum atomic E-state index is 13.3. The van der Waals surface area contributed by atoms with Gasteiger partial charge < -0.3 is 9.88 Å². The lowest BCUT2D eigenvalue weighted by atomic mass is 9.81. The number of anilines is 1. The maximum absolute atomic E-state index is 13.3. The molecule has 0 spiro atoms. The van der Waals surface area contributed by atoms with Gasteiger partial charge in [0, 0.05) is 19.3 Å². The average Bonchev–Trinajstić information content (AvgIpc) is 3.08. The molecule has 1 fully saturated rings. The van der Waals surface area contributed by atoms with Gasteiger partial charge in [-0.15, -0.1) is 0 Å². The van der Waals surface area contributed by atoms with Crippen molar-refractivity contribution in [2.45, 2.75) is 23.8 Å². The van der Waals surface area contributed by atoms with E-state index in [1.807, 2.05) is 19.3 Å². The maximum Gasteiger partial charge on any atom is 0.178 e. The first-order valence-corrected chi connectivity index (χ1v) is 10.6. The highest BCUT2D eigenvalue weighted by molar-refractivity contribution is 7.91. The smallest absolute Gasteiger partial charge is 0.178 e. The molecule has 27 heavy (non-hydrogen) atoms. The average molecular weight is 409 g/mol. The number of halogens is 2. The molecule has 0 amide bonds. The summed E-state index contributed by atoms with van der Waals surface area (Å²) >= 11 is 5.71. The molecular weight excluding hydrogens is 391 g/mol. The fourth-order valence-electron chi connectivity index (χ4n) is 3.54. The van der Waals surface area contributed by atoms with Crippen LogP contribution in [0.5, 0.6) is 0 Å². The van der Waals surface area contributed by atoms with Crippen LogP contribution in [0.2, 0.25) is 5.02 Å². The van der Waals surface area contributed by atoms with Crippen molar-refractivity contribution in [2.75, 3.05) is 17.7 Å². The third kappa shape index (κ3) is 3.39. The van der Waals surface area contributed by atoms with Crippen LogP contribution in [0.4, 0.5) is 10.2 Å². The molecule has 0 radical (unpaired) electrons. The minimum atomic E-state index is -3.50. The van der Waals surface area contributed by atoms with Gasteiger partial charge in [0.25, 0.3) is 0 Å². The summed E-state index contributed by atoms with van der Waals surface area (Å²) in [4.78, 5) is 13.8. The number of H-pyrrole nitrogens is 1. The van der Waals surface area contributed by atoms with E-state index in [1.54, 1.807) is 0 Å². The van der Waals surface area contributed by atoms with Crippen LogP contribution in [0, 0.1) is 11.7 Å². The Morgan fingerprint density at radius 3 is 2.81 bits per heavy atom. The van der Waals surface area contributed by atoms with Gasteiger partial charge in [-0.25, -0.2) is 22.8 Å². The predicted octanol–water partition coefficient (Wildman–Crippen LogP) is 3.44. The molecule has 3 aromatic rings. The van der Waals surface area contributed by atoms with E-state index in [1.165, 1.54) is 18.5 Å². The van der Waals surface area contributed by atoms with Gasteiger partial charge >= 0.3 is 0 Å². The zero-order valence-electron chi connectivity index (χ0n) is 14.6. The second kappa shape index (κ2) is 6.76. The number of nitrogens with one attached hydrogen (secondary N) is 1. The van der Waals surface area contributed by atoms with Crippen LogP contribution in [0.3, 0.4) is 0 Å². The zero-order chi connectivity index (χ0) is 19.2. The Kier molecular flexibility index (Phi) is 4.55. The van der Waals surface area contributed by atoms with E-state index in [9.17, 15) is 12.8 Å². The van der Waals surface area contributed by atoms with E-state index >= 15 is 0 Å². The molecule has 9 heteroatoms. The number of hydrogen-bond donors (Lipinski definition) is 1. The van der Waals surface area contributed by atoms with Crippen molar-refractivity contribution in [3.63, 3.8) is 0 Å². The van der Waals surface area contributed by atoms with Gasteiger partial charge in [-0.2, -0.15) is 0 Å². The van der Waals surface area contributed by atoms with Crippen LogP contribution in [-0.4, -0.2) is 42.2 Å². The molecule has 1 saturated carbocycles. The lowest BCUT2D eigenvalue weighted by molar-refractivity contribution is 0.282. The number of rotatable bonds is 5. The van der Waals surface area contributed by atoms with Crippen molar-refractivity contribution in [2.24, 2.45) is 5.92 Å². The number of benzene rings is 1. The lowest BCUT2D eigenvalue weighted by Crippen LogP contribution is -2.45. The molecule has 1 N–H and O–H groups in total. The lowest BCUT2D eigenvalue weighted by Gasteiger charge is -2.41. The molecule has 6 nitrogen and oxygen atoms in total. The summed E-state index contributed by atoms with van der Waals surface area (Å²) in [5.74, 6) is 0.289. The zero-order valence-corrected chi connectivity index (χ0v) is 16.1. The molecular formula is C18H18ClFN4O2S. The second-order valence-corrected chi connectivity index (χ2v) is 9.34. The van der Waals surface area contributed by atoms with Crippen LogP contribution in [0.15, 0.2) is 41.7 Å². The summed E-state index contributed by atoms with van der Waals surface area (Å²) in [5, 5.41) is 0.763. The summed E-state index contributed by atoms with van der Waals surface area (Å²) < 4.78 is 38.4. The fourth-order valence-corrected chi connectivity index (χ4v) is 5.45. The fraction of sp³-hybridized carbons (Fsp3) is 0.333. The third-order valence-corrected chi connectivity index (χ3v) is 7.30. The molecule has 0 aliphatic heterocycles. The van der Waals surface area contributed by atoms with Gasteiger partial charge in [0.05, 0.1) is 21.1 Å². The van der Waals surface area contributed by atoms with Crippen LogP contribution < -0.4 is 4.90 Å². The molecule has 0 bridgehead atoms. The number of nitrogens with zero attached hydrogens (tertiary/aromatic N) is 3. The normalized spacial score (nSPS) is 19.8. The minimum Gasteiger partial charge on any atom is -0.356 e. The van der Waals surface area contributed by atoms with Crippen molar-refractivity contribution in [1.29, 1.82) is 0 Å². The Morgan fingerprint density at radius 2 is 2.07 bits per heavy atom. The summed E-state index contributed by atoms with van der Waals surface area (Å²) in [5.41, 5.74) is 0.776. The van der Waals surface area contributed by atoms with Gasteiger partial charge in [-0.1, -0.05) is 11.6 Å². The monoisotopic (exact) mass is 408 g/mol. The molecule has 1 aliphatic carbocycles. The second-order valence-electron chi connectivity index (χ2n) is 6.90. The largest absolute Gasteiger partial charge is 0.356 e. The molecule has 0 atom stereocenters. The molecule has 2 aromatic heterocycles. The molecule has 4 rings (SSSR count). The molecule has 142 valence electrons. The Balaban J connectivity index is 1.43. The minimum absolute atomic E-state index is 0.0304. The first kappa shape index (κ1) is 18.2. The number of aromatic amines is 1. The summed E-state index contributed by atoms with van der Waals surface area (Å²) in [6, 6.07) is 5.68.